The highest BCUT2D eigenvalue weighted by Crippen LogP contribution is 2.33. The van der Waals surface area contributed by atoms with Crippen molar-refractivity contribution in [2.45, 2.75) is 24.1 Å². The minimum Gasteiger partial charge on any atom is -0.497 e. The molecule has 0 radical (unpaired) electrons. The molecule has 130 valence electrons. The van der Waals surface area contributed by atoms with E-state index >= 15 is 0 Å². The second kappa shape index (κ2) is 7.03. The van der Waals surface area contributed by atoms with E-state index in [4.69, 9.17) is 4.74 Å². The largest absolute Gasteiger partial charge is 0.497 e. The first-order valence-corrected chi connectivity index (χ1v) is 8.95. The summed E-state index contributed by atoms with van der Waals surface area (Å²) in [5, 5.41) is 1.73. The summed E-state index contributed by atoms with van der Waals surface area (Å²) >= 11 is 1.07. The molecule has 0 aliphatic carbocycles. The number of methoxy groups -OCH3 is 1. The van der Waals surface area contributed by atoms with Crippen molar-refractivity contribution in [2.24, 2.45) is 0 Å². The lowest BCUT2D eigenvalue weighted by molar-refractivity contribution is -0.118. The monoisotopic (exact) mass is 349 g/mol. The van der Waals surface area contributed by atoms with Crippen LogP contribution in [0.15, 0.2) is 18.2 Å². The molecule has 2 atom stereocenters. The van der Waals surface area contributed by atoms with Gasteiger partial charge in [0.2, 0.25) is 5.91 Å². The highest BCUT2D eigenvalue weighted by molar-refractivity contribution is 8.15. The van der Waals surface area contributed by atoms with E-state index in [0.717, 1.165) is 48.3 Å². The minimum atomic E-state index is -0.365. The summed E-state index contributed by atoms with van der Waals surface area (Å²) in [5.74, 6) is 0.568. The van der Waals surface area contributed by atoms with E-state index in [1.807, 2.05) is 12.1 Å². The number of rotatable bonds is 5. The van der Waals surface area contributed by atoms with Gasteiger partial charge in [-0.25, -0.2) is 0 Å². The van der Waals surface area contributed by atoms with Crippen molar-refractivity contribution in [2.75, 3.05) is 39.2 Å². The second-order valence-electron chi connectivity index (χ2n) is 6.43. The smallest absolute Gasteiger partial charge is 0.286 e. The van der Waals surface area contributed by atoms with E-state index in [1.165, 1.54) is 0 Å². The minimum absolute atomic E-state index is 0.202. The Labute approximate surface area is 146 Å². The van der Waals surface area contributed by atoms with Gasteiger partial charge in [0.25, 0.3) is 5.24 Å². The Morgan fingerprint density at radius 3 is 2.75 bits per heavy atom. The first-order valence-electron chi connectivity index (χ1n) is 8.07. The molecule has 2 saturated heterocycles. The van der Waals surface area contributed by atoms with Crippen LogP contribution in [0.4, 0.5) is 10.5 Å². The van der Waals surface area contributed by atoms with Crippen molar-refractivity contribution in [3.8, 4) is 5.75 Å². The molecule has 2 heterocycles. The van der Waals surface area contributed by atoms with Crippen molar-refractivity contribution in [3.05, 3.63) is 23.8 Å². The first kappa shape index (κ1) is 17.1. The summed E-state index contributed by atoms with van der Waals surface area (Å²) in [7, 11) is 5.85. The van der Waals surface area contributed by atoms with Gasteiger partial charge in [-0.05, 0) is 50.7 Å². The number of thioether (sulfide) groups is 1. The molecule has 1 aromatic rings. The van der Waals surface area contributed by atoms with Crippen molar-refractivity contribution in [3.63, 3.8) is 0 Å². The fraction of sp³-hybridized carbons (Fsp3) is 0.529. The number of imide groups is 1. The third-order valence-corrected chi connectivity index (χ3v) is 5.67. The standard InChI is InChI=1S/C17H23N3O3S/c1-19(2)12-6-7-20(10-12)14-5-4-13(23-3)8-11(14)9-15-16(21)18-17(22)24-15/h4-5,8,12,15H,6-7,9-10H2,1-3H3,(H,18,21,22)/t12-,15?/m0/s1. The van der Waals surface area contributed by atoms with Crippen molar-refractivity contribution in [1.82, 2.24) is 10.2 Å². The van der Waals surface area contributed by atoms with E-state index in [-0.39, 0.29) is 16.4 Å². The third-order valence-electron chi connectivity index (χ3n) is 4.69. The van der Waals surface area contributed by atoms with Gasteiger partial charge in [-0.2, -0.15) is 0 Å². The zero-order valence-corrected chi connectivity index (χ0v) is 15.1. The molecule has 0 spiro atoms. The Kier molecular flexibility index (Phi) is 5.01. The molecule has 1 unspecified atom stereocenters. The van der Waals surface area contributed by atoms with Gasteiger partial charge in [0.05, 0.1) is 12.4 Å². The Bertz CT molecular complexity index is 650. The van der Waals surface area contributed by atoms with Crippen LogP contribution < -0.4 is 15.0 Å². The van der Waals surface area contributed by atoms with E-state index in [1.54, 1.807) is 7.11 Å². The molecule has 7 heteroatoms. The van der Waals surface area contributed by atoms with Crippen LogP contribution in [0, 0.1) is 0 Å². The third kappa shape index (κ3) is 3.52. The Balaban J connectivity index is 1.84. The van der Waals surface area contributed by atoms with Crippen LogP contribution in [-0.4, -0.2) is 61.6 Å². The zero-order chi connectivity index (χ0) is 17.3. The van der Waals surface area contributed by atoms with Gasteiger partial charge >= 0.3 is 0 Å². The number of carbonyl (C=O) groups excluding carboxylic acids is 2. The topological polar surface area (TPSA) is 61.9 Å². The number of hydrogen-bond donors (Lipinski definition) is 1. The van der Waals surface area contributed by atoms with Crippen LogP contribution in [-0.2, 0) is 11.2 Å². The average molecular weight is 349 g/mol. The maximum atomic E-state index is 11.9. The molecule has 6 nitrogen and oxygen atoms in total. The fourth-order valence-corrected chi connectivity index (χ4v) is 4.12. The molecular formula is C17H23N3O3S. The van der Waals surface area contributed by atoms with Crippen molar-refractivity contribution >= 4 is 28.6 Å². The van der Waals surface area contributed by atoms with Crippen LogP contribution in [0.25, 0.3) is 0 Å². The van der Waals surface area contributed by atoms with Gasteiger partial charge in [0, 0.05) is 24.8 Å². The number of amides is 2. The maximum absolute atomic E-state index is 11.9. The van der Waals surface area contributed by atoms with E-state index in [2.05, 4.69) is 35.3 Å². The fourth-order valence-electron chi connectivity index (χ4n) is 3.27. The average Bonchev–Trinajstić information content (AvgIpc) is 3.14. The van der Waals surface area contributed by atoms with Crippen molar-refractivity contribution < 1.29 is 14.3 Å². The molecule has 24 heavy (non-hydrogen) atoms. The number of likely N-dealkylation sites (N-methyl/N-ethyl adjacent to an activating group) is 1. The number of ether oxygens (including phenoxy) is 1. The number of nitrogens with zero attached hydrogens (tertiary/aromatic N) is 2. The van der Waals surface area contributed by atoms with Crippen LogP contribution in [0.5, 0.6) is 5.75 Å². The van der Waals surface area contributed by atoms with Gasteiger partial charge in [0.1, 0.15) is 5.75 Å². The molecule has 1 N–H and O–H groups in total. The summed E-state index contributed by atoms with van der Waals surface area (Å²) in [6.07, 6.45) is 1.65. The number of benzene rings is 1. The molecule has 0 aromatic heterocycles. The number of anilines is 1. The van der Waals surface area contributed by atoms with E-state index in [0.29, 0.717) is 12.5 Å². The van der Waals surface area contributed by atoms with Gasteiger partial charge in [-0.1, -0.05) is 11.8 Å². The number of carbonyl (C=O) groups is 2. The summed E-state index contributed by atoms with van der Waals surface area (Å²) in [5.41, 5.74) is 2.18. The lowest BCUT2D eigenvalue weighted by Gasteiger charge is -2.25. The normalized spacial score (nSPS) is 23.9. The molecule has 0 saturated carbocycles. The second-order valence-corrected chi connectivity index (χ2v) is 7.61. The molecular weight excluding hydrogens is 326 g/mol. The highest BCUT2D eigenvalue weighted by atomic mass is 32.2. The van der Waals surface area contributed by atoms with Crippen LogP contribution in [0.2, 0.25) is 0 Å². The summed E-state index contributed by atoms with van der Waals surface area (Å²) < 4.78 is 5.34. The molecule has 2 aliphatic rings. The summed E-state index contributed by atoms with van der Waals surface area (Å²) in [6.45, 7) is 1.96. The Hall–Kier alpha value is -1.73. The van der Waals surface area contributed by atoms with E-state index < -0.39 is 0 Å². The van der Waals surface area contributed by atoms with Gasteiger partial charge in [0.15, 0.2) is 0 Å². The lowest BCUT2D eigenvalue weighted by Crippen LogP contribution is -2.32. The highest BCUT2D eigenvalue weighted by Gasteiger charge is 2.33. The molecule has 2 amide bonds. The zero-order valence-electron chi connectivity index (χ0n) is 14.2. The Morgan fingerprint density at radius 1 is 1.38 bits per heavy atom. The predicted octanol–water partition coefficient (Wildman–Crippen LogP) is 1.73. The number of nitrogens with one attached hydrogen (secondary N) is 1. The number of hydrogen-bond acceptors (Lipinski definition) is 6. The van der Waals surface area contributed by atoms with Gasteiger partial charge in [-0.3, -0.25) is 14.9 Å². The predicted molar refractivity (Wildman–Crippen MR) is 95.9 cm³/mol. The van der Waals surface area contributed by atoms with Gasteiger partial charge < -0.3 is 14.5 Å². The van der Waals surface area contributed by atoms with Crippen LogP contribution in [0.1, 0.15) is 12.0 Å². The molecule has 1 aromatic carbocycles. The summed E-state index contributed by atoms with van der Waals surface area (Å²) in [4.78, 5) is 28.0. The lowest BCUT2D eigenvalue weighted by atomic mass is 10.1. The van der Waals surface area contributed by atoms with Crippen LogP contribution >= 0.6 is 11.8 Å². The molecule has 2 aliphatic heterocycles. The molecule has 2 fully saturated rings. The quantitative estimate of drug-likeness (QED) is 0.874. The van der Waals surface area contributed by atoms with Crippen LogP contribution in [0.3, 0.4) is 0 Å². The maximum Gasteiger partial charge on any atom is 0.286 e. The summed E-state index contributed by atoms with van der Waals surface area (Å²) in [6, 6.07) is 6.53. The SMILES string of the molecule is COc1ccc(N2CC[C@H](N(C)C)C2)c(CC2SC(=O)NC2=O)c1. The molecule has 3 rings (SSSR count). The van der Waals surface area contributed by atoms with Gasteiger partial charge in [-0.15, -0.1) is 0 Å². The molecule has 0 bridgehead atoms. The Morgan fingerprint density at radius 2 is 2.17 bits per heavy atom. The first-order chi connectivity index (χ1) is 11.5. The van der Waals surface area contributed by atoms with Crippen molar-refractivity contribution in [1.29, 1.82) is 0 Å². The van der Waals surface area contributed by atoms with E-state index in [9.17, 15) is 9.59 Å².